The van der Waals surface area contributed by atoms with E-state index < -0.39 is 11.9 Å². The fraction of sp³-hybridized carbons (Fsp3) is 0.0741. The summed E-state index contributed by atoms with van der Waals surface area (Å²) in [4.78, 5) is 40.2. The molecule has 1 saturated heterocycles. The zero-order valence-electron chi connectivity index (χ0n) is 18.5. The molecule has 0 atom stereocenters. The van der Waals surface area contributed by atoms with Gasteiger partial charge in [0.15, 0.2) is 0 Å². The van der Waals surface area contributed by atoms with Gasteiger partial charge in [0.1, 0.15) is 5.70 Å². The van der Waals surface area contributed by atoms with E-state index in [2.05, 4.69) is 10.4 Å². The number of aromatic amines is 1. The molecular weight excluding hydrogens is 428 g/mol. The third-order valence-corrected chi connectivity index (χ3v) is 5.68. The number of rotatable bonds is 5. The van der Waals surface area contributed by atoms with Gasteiger partial charge in [-0.15, -0.1) is 0 Å². The highest BCUT2D eigenvalue weighted by Gasteiger charge is 2.34. The molecule has 0 spiro atoms. The highest BCUT2D eigenvalue weighted by atomic mass is 16.2. The van der Waals surface area contributed by atoms with Gasteiger partial charge in [-0.1, -0.05) is 78.4 Å². The molecule has 2 heterocycles. The molecule has 0 aliphatic carbocycles. The molecule has 3 amide bonds. The summed E-state index contributed by atoms with van der Waals surface area (Å²) in [7, 11) is 0. The molecule has 1 aliphatic heterocycles. The molecule has 34 heavy (non-hydrogen) atoms. The van der Waals surface area contributed by atoms with Crippen LogP contribution in [0.2, 0.25) is 0 Å². The van der Waals surface area contributed by atoms with E-state index in [-0.39, 0.29) is 23.4 Å². The SMILES string of the molecule is Cc1cccc(CN2C(=O)N/C(=C\c3c(-c4ccccc4)[nH]n(-c4ccccc4)c3=O)C2=O)c1. The van der Waals surface area contributed by atoms with Crippen LogP contribution in [0.1, 0.15) is 16.7 Å². The normalized spacial score (nSPS) is 14.6. The van der Waals surface area contributed by atoms with Crippen LogP contribution in [0.15, 0.2) is 95.4 Å². The Morgan fingerprint density at radius 2 is 1.56 bits per heavy atom. The van der Waals surface area contributed by atoms with Gasteiger partial charge >= 0.3 is 6.03 Å². The first-order chi connectivity index (χ1) is 16.5. The van der Waals surface area contributed by atoms with Crippen molar-refractivity contribution in [1.82, 2.24) is 20.0 Å². The largest absolute Gasteiger partial charge is 0.329 e. The van der Waals surface area contributed by atoms with Crippen molar-refractivity contribution in [3.8, 4) is 16.9 Å². The Balaban J connectivity index is 1.56. The minimum Gasteiger partial charge on any atom is -0.303 e. The zero-order chi connectivity index (χ0) is 23.7. The molecule has 1 aliphatic rings. The van der Waals surface area contributed by atoms with Crippen molar-refractivity contribution >= 4 is 18.0 Å². The van der Waals surface area contributed by atoms with Gasteiger partial charge in [0.2, 0.25) is 0 Å². The second-order valence-corrected chi connectivity index (χ2v) is 8.11. The standard InChI is InChI=1S/C27H22N4O3/c1-18-9-8-10-19(15-18)17-30-26(33)23(28-27(30)34)16-22-24(20-11-4-2-5-12-20)29-31(25(22)32)21-13-6-3-7-14-21/h2-16,29H,17H2,1H3,(H,28,34)/b23-16-. The number of H-pyrrole nitrogens is 1. The van der Waals surface area contributed by atoms with Crippen LogP contribution in [0, 0.1) is 6.92 Å². The number of hydrogen-bond donors (Lipinski definition) is 2. The Kier molecular flexibility index (Phi) is 5.43. The first-order valence-electron chi connectivity index (χ1n) is 10.9. The first-order valence-corrected chi connectivity index (χ1v) is 10.9. The number of aromatic nitrogens is 2. The number of para-hydroxylation sites is 1. The second kappa shape index (κ2) is 8.71. The number of nitrogens with zero attached hydrogens (tertiary/aromatic N) is 2. The smallest absolute Gasteiger partial charge is 0.303 e. The number of nitrogens with one attached hydrogen (secondary N) is 2. The van der Waals surface area contributed by atoms with Gasteiger partial charge in [-0.3, -0.25) is 19.6 Å². The summed E-state index contributed by atoms with van der Waals surface area (Å²) in [6.07, 6.45) is 1.46. The molecule has 168 valence electrons. The van der Waals surface area contributed by atoms with Crippen LogP contribution < -0.4 is 10.9 Å². The molecular formula is C27H22N4O3. The molecule has 0 bridgehead atoms. The summed E-state index contributed by atoms with van der Waals surface area (Å²) in [5.74, 6) is -0.475. The summed E-state index contributed by atoms with van der Waals surface area (Å²) in [6.45, 7) is 2.10. The van der Waals surface area contributed by atoms with E-state index in [0.29, 0.717) is 11.4 Å². The van der Waals surface area contributed by atoms with E-state index in [1.54, 1.807) is 0 Å². The van der Waals surface area contributed by atoms with Crippen molar-refractivity contribution in [2.24, 2.45) is 0 Å². The van der Waals surface area contributed by atoms with E-state index >= 15 is 0 Å². The van der Waals surface area contributed by atoms with Gasteiger partial charge in [0.25, 0.3) is 11.5 Å². The van der Waals surface area contributed by atoms with E-state index in [9.17, 15) is 14.4 Å². The Labute approximate surface area is 195 Å². The molecule has 3 aromatic carbocycles. The Morgan fingerprint density at radius 3 is 2.26 bits per heavy atom. The number of carbonyl (C=O) groups is 2. The van der Waals surface area contributed by atoms with Crippen LogP contribution in [0.3, 0.4) is 0 Å². The fourth-order valence-electron chi connectivity index (χ4n) is 4.02. The van der Waals surface area contributed by atoms with Crippen molar-refractivity contribution in [2.75, 3.05) is 0 Å². The fourth-order valence-corrected chi connectivity index (χ4v) is 4.02. The Morgan fingerprint density at radius 1 is 0.853 bits per heavy atom. The van der Waals surface area contributed by atoms with Crippen LogP contribution in [-0.2, 0) is 11.3 Å². The van der Waals surface area contributed by atoms with Crippen molar-refractivity contribution in [3.05, 3.63) is 118 Å². The summed E-state index contributed by atoms with van der Waals surface area (Å²) >= 11 is 0. The van der Waals surface area contributed by atoms with Gasteiger partial charge < -0.3 is 5.32 Å². The quantitative estimate of drug-likeness (QED) is 0.352. The highest BCUT2D eigenvalue weighted by molar-refractivity contribution is 6.14. The van der Waals surface area contributed by atoms with Crippen LogP contribution in [-0.4, -0.2) is 26.6 Å². The topological polar surface area (TPSA) is 87.2 Å². The summed E-state index contributed by atoms with van der Waals surface area (Å²) in [5, 5.41) is 5.79. The first kappa shape index (κ1) is 21.2. The van der Waals surface area contributed by atoms with Crippen molar-refractivity contribution in [3.63, 3.8) is 0 Å². The lowest BCUT2D eigenvalue weighted by molar-refractivity contribution is -0.123. The minimum atomic E-state index is -0.516. The van der Waals surface area contributed by atoms with Gasteiger partial charge in [-0.05, 0) is 30.7 Å². The number of benzene rings is 3. The number of urea groups is 1. The molecule has 0 saturated carbocycles. The summed E-state index contributed by atoms with van der Waals surface area (Å²) in [5.41, 5.74) is 3.93. The lowest BCUT2D eigenvalue weighted by Crippen LogP contribution is -2.30. The number of amides is 3. The van der Waals surface area contributed by atoms with Crippen LogP contribution >= 0.6 is 0 Å². The molecule has 0 radical (unpaired) electrons. The highest BCUT2D eigenvalue weighted by Crippen LogP contribution is 2.24. The zero-order valence-corrected chi connectivity index (χ0v) is 18.5. The third-order valence-electron chi connectivity index (χ3n) is 5.68. The predicted octanol–water partition coefficient (Wildman–Crippen LogP) is 4.23. The number of hydrogen-bond acceptors (Lipinski definition) is 3. The van der Waals surface area contributed by atoms with Crippen LogP contribution in [0.5, 0.6) is 0 Å². The number of carbonyl (C=O) groups excluding carboxylic acids is 2. The van der Waals surface area contributed by atoms with E-state index in [1.165, 1.54) is 10.8 Å². The third kappa shape index (κ3) is 3.95. The Hall–Kier alpha value is -4.65. The van der Waals surface area contributed by atoms with E-state index in [4.69, 9.17) is 0 Å². The number of imide groups is 1. The summed E-state index contributed by atoms with van der Waals surface area (Å²) < 4.78 is 1.43. The molecule has 1 aromatic heterocycles. The van der Waals surface area contributed by atoms with Gasteiger partial charge in [-0.25, -0.2) is 9.48 Å². The van der Waals surface area contributed by atoms with Crippen molar-refractivity contribution in [2.45, 2.75) is 13.5 Å². The lowest BCUT2D eigenvalue weighted by Gasteiger charge is -2.12. The average molecular weight is 450 g/mol. The average Bonchev–Trinajstić information content (AvgIpc) is 3.31. The monoisotopic (exact) mass is 450 g/mol. The molecule has 5 rings (SSSR count). The van der Waals surface area contributed by atoms with Crippen LogP contribution in [0.25, 0.3) is 23.0 Å². The van der Waals surface area contributed by atoms with Crippen LogP contribution in [0.4, 0.5) is 4.79 Å². The minimum absolute atomic E-state index is 0.0612. The lowest BCUT2D eigenvalue weighted by atomic mass is 10.1. The van der Waals surface area contributed by atoms with Crippen molar-refractivity contribution < 1.29 is 9.59 Å². The molecule has 1 fully saturated rings. The van der Waals surface area contributed by atoms with Gasteiger partial charge in [-0.2, -0.15) is 0 Å². The molecule has 4 aromatic rings. The van der Waals surface area contributed by atoms with E-state index in [1.807, 2.05) is 91.9 Å². The molecule has 0 unspecified atom stereocenters. The maximum Gasteiger partial charge on any atom is 0.329 e. The molecule has 7 nitrogen and oxygen atoms in total. The van der Waals surface area contributed by atoms with Gasteiger partial charge in [0.05, 0.1) is 23.5 Å². The maximum absolute atomic E-state index is 13.4. The number of aryl methyl sites for hydroxylation is 1. The maximum atomic E-state index is 13.4. The van der Waals surface area contributed by atoms with Crippen molar-refractivity contribution in [1.29, 1.82) is 0 Å². The second-order valence-electron chi connectivity index (χ2n) is 8.11. The van der Waals surface area contributed by atoms with E-state index in [0.717, 1.165) is 21.6 Å². The summed E-state index contributed by atoms with van der Waals surface area (Å²) in [6, 6.07) is 25.7. The molecule has 7 heteroatoms. The Bertz CT molecular complexity index is 1470. The molecule has 2 N–H and O–H groups in total. The van der Waals surface area contributed by atoms with Gasteiger partial charge in [0, 0.05) is 5.56 Å². The predicted molar refractivity (Wildman–Crippen MR) is 130 cm³/mol.